The molecule has 0 bridgehead atoms. The van der Waals surface area contributed by atoms with E-state index in [0.29, 0.717) is 11.8 Å². The van der Waals surface area contributed by atoms with Gasteiger partial charge in [0.2, 0.25) is 0 Å². The van der Waals surface area contributed by atoms with Gasteiger partial charge in [0.1, 0.15) is 0 Å². The monoisotopic (exact) mass is 177 g/mol. The molecule has 2 rings (SSSR count). The van der Waals surface area contributed by atoms with Crippen molar-refractivity contribution < 1.29 is 0 Å². The van der Waals surface area contributed by atoms with E-state index < -0.39 is 0 Å². The molecule has 70 valence electrons. The van der Waals surface area contributed by atoms with Gasteiger partial charge in [-0.25, -0.2) is 0 Å². The van der Waals surface area contributed by atoms with Crippen LogP contribution in [0.25, 0.3) is 0 Å². The molecule has 1 aliphatic rings. The maximum atomic E-state index is 11.6. The quantitative estimate of drug-likeness (QED) is 0.648. The van der Waals surface area contributed by atoms with Crippen molar-refractivity contribution in [3.8, 4) is 0 Å². The van der Waals surface area contributed by atoms with Crippen molar-refractivity contribution in [2.75, 3.05) is 0 Å². The van der Waals surface area contributed by atoms with Crippen molar-refractivity contribution in [1.82, 2.24) is 4.98 Å². The number of rotatable bonds is 0. The lowest BCUT2D eigenvalue weighted by atomic mass is 9.81. The van der Waals surface area contributed by atoms with Crippen molar-refractivity contribution in [1.29, 1.82) is 0 Å². The summed E-state index contributed by atoms with van der Waals surface area (Å²) < 4.78 is 0. The van der Waals surface area contributed by atoms with Gasteiger partial charge in [-0.3, -0.25) is 4.79 Å². The van der Waals surface area contributed by atoms with Gasteiger partial charge in [-0.2, -0.15) is 0 Å². The van der Waals surface area contributed by atoms with E-state index in [4.69, 9.17) is 0 Å². The maximum Gasteiger partial charge on any atom is 0.185 e. The van der Waals surface area contributed by atoms with E-state index in [-0.39, 0.29) is 5.43 Å². The maximum absolute atomic E-state index is 11.6. The first kappa shape index (κ1) is 8.54. The van der Waals surface area contributed by atoms with Crippen molar-refractivity contribution in [2.45, 2.75) is 38.5 Å². The van der Waals surface area contributed by atoms with Crippen LogP contribution in [0.5, 0.6) is 0 Å². The zero-order valence-corrected chi connectivity index (χ0v) is 8.13. The summed E-state index contributed by atoms with van der Waals surface area (Å²) in [6.07, 6.45) is 4.09. The Labute approximate surface area is 78.0 Å². The van der Waals surface area contributed by atoms with Crippen molar-refractivity contribution in [3.05, 3.63) is 33.7 Å². The van der Waals surface area contributed by atoms with E-state index in [0.717, 1.165) is 17.7 Å². The van der Waals surface area contributed by atoms with Crippen LogP contribution in [0.2, 0.25) is 0 Å². The Kier molecular flexibility index (Phi) is 1.98. The summed E-state index contributed by atoms with van der Waals surface area (Å²) in [6.45, 7) is 4.32. The first-order chi connectivity index (χ1) is 6.20. The van der Waals surface area contributed by atoms with Crippen LogP contribution in [-0.2, 0) is 0 Å². The molecular weight excluding hydrogens is 162 g/mol. The SMILES string of the molecule is C[C@@H]1CC[C@H](C)c2c1[nH]ccc2=O. The highest BCUT2D eigenvalue weighted by molar-refractivity contribution is 5.28. The smallest absolute Gasteiger partial charge is 0.185 e. The second-order valence-corrected chi connectivity index (χ2v) is 4.05. The number of aromatic nitrogens is 1. The topological polar surface area (TPSA) is 32.9 Å². The molecule has 0 fully saturated rings. The summed E-state index contributed by atoms with van der Waals surface area (Å²) in [7, 11) is 0. The fourth-order valence-corrected chi connectivity index (χ4v) is 2.21. The average Bonchev–Trinajstić information content (AvgIpc) is 2.12. The third-order valence-electron chi connectivity index (χ3n) is 3.05. The van der Waals surface area contributed by atoms with Gasteiger partial charge in [-0.1, -0.05) is 13.8 Å². The zero-order valence-electron chi connectivity index (χ0n) is 8.13. The molecule has 0 saturated carbocycles. The number of hydrogen-bond donors (Lipinski definition) is 1. The molecule has 1 aromatic heterocycles. The van der Waals surface area contributed by atoms with Crippen LogP contribution < -0.4 is 5.43 Å². The van der Waals surface area contributed by atoms with E-state index in [2.05, 4.69) is 18.8 Å². The van der Waals surface area contributed by atoms with Crippen LogP contribution in [-0.4, -0.2) is 4.98 Å². The van der Waals surface area contributed by atoms with Gasteiger partial charge in [-0.15, -0.1) is 0 Å². The van der Waals surface area contributed by atoms with Crippen molar-refractivity contribution in [2.24, 2.45) is 0 Å². The third-order valence-corrected chi connectivity index (χ3v) is 3.05. The molecule has 2 nitrogen and oxygen atoms in total. The molecule has 1 aromatic rings. The normalized spacial score (nSPS) is 26.9. The Morgan fingerprint density at radius 3 is 2.69 bits per heavy atom. The van der Waals surface area contributed by atoms with Crippen molar-refractivity contribution in [3.63, 3.8) is 0 Å². The molecule has 0 aliphatic heterocycles. The minimum Gasteiger partial charge on any atom is -0.364 e. The molecule has 2 heteroatoms. The fraction of sp³-hybridized carbons (Fsp3) is 0.545. The van der Waals surface area contributed by atoms with Crippen LogP contribution in [0, 0.1) is 0 Å². The molecule has 2 atom stereocenters. The van der Waals surface area contributed by atoms with Crippen LogP contribution in [0.4, 0.5) is 0 Å². The summed E-state index contributed by atoms with van der Waals surface area (Å²) >= 11 is 0. The van der Waals surface area contributed by atoms with Crippen LogP contribution in [0.3, 0.4) is 0 Å². The summed E-state index contributed by atoms with van der Waals surface area (Å²) in [5.41, 5.74) is 2.38. The summed E-state index contributed by atoms with van der Waals surface area (Å²) in [4.78, 5) is 14.8. The Balaban J connectivity index is 2.63. The molecular formula is C11H15NO. The second-order valence-electron chi connectivity index (χ2n) is 4.05. The van der Waals surface area contributed by atoms with Crippen molar-refractivity contribution >= 4 is 0 Å². The second kappa shape index (κ2) is 3.02. The van der Waals surface area contributed by atoms with E-state index in [9.17, 15) is 4.79 Å². The van der Waals surface area contributed by atoms with E-state index in [1.807, 2.05) is 0 Å². The highest BCUT2D eigenvalue weighted by Crippen LogP contribution is 2.34. The van der Waals surface area contributed by atoms with Gasteiger partial charge in [-0.05, 0) is 24.7 Å². The average molecular weight is 177 g/mol. The van der Waals surface area contributed by atoms with Gasteiger partial charge in [0.05, 0.1) is 0 Å². The van der Waals surface area contributed by atoms with E-state index in [1.165, 1.54) is 6.42 Å². The largest absolute Gasteiger partial charge is 0.364 e. The van der Waals surface area contributed by atoms with Crippen LogP contribution in [0.15, 0.2) is 17.1 Å². The minimum atomic E-state index is 0.202. The fourth-order valence-electron chi connectivity index (χ4n) is 2.21. The number of nitrogens with one attached hydrogen (secondary N) is 1. The Hall–Kier alpha value is -1.05. The number of aromatic amines is 1. The number of hydrogen-bond acceptors (Lipinski definition) is 1. The molecule has 13 heavy (non-hydrogen) atoms. The Bertz CT molecular complexity index is 367. The first-order valence-electron chi connectivity index (χ1n) is 4.91. The molecule has 1 heterocycles. The lowest BCUT2D eigenvalue weighted by Gasteiger charge is -2.25. The number of pyridine rings is 1. The lowest BCUT2D eigenvalue weighted by molar-refractivity contribution is 0.512. The molecule has 1 N–H and O–H groups in total. The van der Waals surface area contributed by atoms with Gasteiger partial charge in [0, 0.05) is 23.5 Å². The predicted molar refractivity (Wildman–Crippen MR) is 53.1 cm³/mol. The standard InChI is InChI=1S/C11H15NO/c1-7-3-4-8(2)11-10(7)9(13)5-6-12-11/h5-8H,3-4H2,1-2H3,(H,12,13)/t7-,8+/m0/s1. The first-order valence-corrected chi connectivity index (χ1v) is 4.91. The van der Waals surface area contributed by atoms with Gasteiger partial charge in [0.25, 0.3) is 0 Å². The minimum absolute atomic E-state index is 0.202. The van der Waals surface area contributed by atoms with E-state index >= 15 is 0 Å². The van der Waals surface area contributed by atoms with Gasteiger partial charge >= 0.3 is 0 Å². The predicted octanol–water partition coefficient (Wildman–Crippen LogP) is 2.38. The Morgan fingerprint density at radius 2 is 2.00 bits per heavy atom. The number of H-pyrrole nitrogens is 1. The third kappa shape index (κ3) is 1.30. The zero-order chi connectivity index (χ0) is 9.42. The summed E-state index contributed by atoms with van der Waals surface area (Å²) in [5.74, 6) is 0.941. The molecule has 0 unspecified atom stereocenters. The molecule has 0 saturated heterocycles. The van der Waals surface area contributed by atoms with E-state index in [1.54, 1.807) is 12.3 Å². The molecule has 0 aromatic carbocycles. The molecule has 1 aliphatic carbocycles. The lowest BCUT2D eigenvalue weighted by Crippen LogP contribution is -2.21. The van der Waals surface area contributed by atoms with Crippen LogP contribution >= 0.6 is 0 Å². The number of fused-ring (bicyclic) bond motifs is 1. The van der Waals surface area contributed by atoms with Gasteiger partial charge in [0.15, 0.2) is 5.43 Å². The van der Waals surface area contributed by atoms with Crippen LogP contribution in [0.1, 0.15) is 49.8 Å². The highest BCUT2D eigenvalue weighted by Gasteiger charge is 2.23. The Morgan fingerprint density at radius 1 is 1.31 bits per heavy atom. The van der Waals surface area contributed by atoms with Gasteiger partial charge < -0.3 is 4.98 Å². The molecule has 0 spiro atoms. The molecule has 0 radical (unpaired) electrons. The summed E-state index contributed by atoms with van der Waals surface area (Å²) in [5, 5.41) is 0. The summed E-state index contributed by atoms with van der Waals surface area (Å²) in [6, 6.07) is 1.63. The highest BCUT2D eigenvalue weighted by atomic mass is 16.1. The molecule has 0 amide bonds.